The van der Waals surface area contributed by atoms with Gasteiger partial charge in [0.2, 0.25) is 0 Å². The summed E-state index contributed by atoms with van der Waals surface area (Å²) in [5, 5.41) is 13.0. The van der Waals surface area contributed by atoms with Gasteiger partial charge in [-0.2, -0.15) is 0 Å². The van der Waals surface area contributed by atoms with Gasteiger partial charge < -0.3 is 15.2 Å². The summed E-state index contributed by atoms with van der Waals surface area (Å²) in [6, 6.07) is 5.72. The summed E-state index contributed by atoms with van der Waals surface area (Å²) in [7, 11) is 1.65. The van der Waals surface area contributed by atoms with E-state index in [1.165, 1.54) is 0 Å². The molecule has 4 nitrogen and oxygen atoms in total. The van der Waals surface area contributed by atoms with Gasteiger partial charge in [-0.3, -0.25) is 4.90 Å². The van der Waals surface area contributed by atoms with Gasteiger partial charge in [-0.05, 0) is 18.9 Å². The number of hydrogen-bond acceptors (Lipinski definition) is 4. The number of phenols is 1. The Labute approximate surface area is 121 Å². The minimum absolute atomic E-state index is 0.244. The number of nitrogens with zero attached hydrogens (tertiary/aromatic N) is 1. The highest BCUT2D eigenvalue weighted by atomic mass is 16.5. The van der Waals surface area contributed by atoms with Crippen LogP contribution in [0.15, 0.2) is 30.9 Å². The van der Waals surface area contributed by atoms with Gasteiger partial charge in [-0.25, -0.2) is 0 Å². The smallest absolute Gasteiger partial charge is 0.127 e. The van der Waals surface area contributed by atoms with Crippen LogP contribution in [-0.2, 0) is 0 Å². The Morgan fingerprint density at radius 2 is 2.20 bits per heavy atom. The fraction of sp³-hybridized carbons (Fsp3) is 0.500. The molecule has 1 saturated heterocycles. The number of phenolic OH excluding ortho intramolecular Hbond substituents is 1. The Morgan fingerprint density at radius 3 is 2.85 bits per heavy atom. The van der Waals surface area contributed by atoms with Gasteiger partial charge >= 0.3 is 0 Å². The molecule has 4 heteroatoms. The highest BCUT2D eigenvalue weighted by Gasteiger charge is 2.24. The Kier molecular flexibility index (Phi) is 5.44. The van der Waals surface area contributed by atoms with Crippen molar-refractivity contribution in [1.82, 2.24) is 10.2 Å². The molecule has 0 saturated carbocycles. The lowest BCUT2D eigenvalue weighted by molar-refractivity contribution is 0.163. The minimum atomic E-state index is 0.244. The van der Waals surface area contributed by atoms with Gasteiger partial charge in [0.15, 0.2) is 0 Å². The first-order valence-electron chi connectivity index (χ1n) is 7.19. The van der Waals surface area contributed by atoms with Crippen molar-refractivity contribution in [2.45, 2.75) is 18.9 Å². The number of methoxy groups -OCH3 is 1. The van der Waals surface area contributed by atoms with E-state index < -0.39 is 0 Å². The van der Waals surface area contributed by atoms with Crippen molar-refractivity contribution >= 4 is 0 Å². The van der Waals surface area contributed by atoms with Gasteiger partial charge in [0.05, 0.1) is 7.11 Å². The summed E-state index contributed by atoms with van der Waals surface area (Å²) in [4.78, 5) is 2.48. The molecule has 0 radical (unpaired) electrons. The van der Waals surface area contributed by atoms with Crippen LogP contribution in [0.1, 0.15) is 24.4 Å². The lowest BCUT2D eigenvalue weighted by atomic mass is 9.98. The quantitative estimate of drug-likeness (QED) is 0.783. The summed E-state index contributed by atoms with van der Waals surface area (Å²) in [6.45, 7) is 7.93. The molecule has 1 aliphatic heterocycles. The molecule has 1 fully saturated rings. The Balaban J connectivity index is 2.26. The number of aromatic hydroxyl groups is 1. The predicted octanol–water partition coefficient (Wildman–Crippen LogP) is 2.31. The van der Waals surface area contributed by atoms with E-state index >= 15 is 0 Å². The molecule has 2 N–H and O–H groups in total. The van der Waals surface area contributed by atoms with Crippen LogP contribution in [0.2, 0.25) is 0 Å². The molecular weight excluding hydrogens is 252 g/mol. The monoisotopic (exact) mass is 276 g/mol. The molecule has 2 rings (SSSR count). The standard InChI is InChI=1S/C16H24N2O2/c1-3-4-5-15(18-10-8-17-9-11-18)14-7-6-13(19)12-16(14)20-2/h3,6-7,12,15,17,19H,1,4-5,8-11H2,2H3/t15-/m0/s1. The SMILES string of the molecule is C=CCC[C@@H](c1ccc(O)cc1OC)N1CCNCC1. The molecular formula is C16H24N2O2. The summed E-state index contributed by atoms with van der Waals surface area (Å²) in [6.07, 6.45) is 3.95. The minimum Gasteiger partial charge on any atom is -0.508 e. The van der Waals surface area contributed by atoms with E-state index in [1.807, 2.05) is 12.1 Å². The van der Waals surface area contributed by atoms with Gasteiger partial charge in [-0.15, -0.1) is 6.58 Å². The maximum absolute atomic E-state index is 9.62. The van der Waals surface area contributed by atoms with Crippen LogP contribution < -0.4 is 10.1 Å². The number of allylic oxidation sites excluding steroid dienone is 1. The fourth-order valence-electron chi connectivity index (χ4n) is 2.78. The molecule has 0 amide bonds. The average Bonchev–Trinajstić information content (AvgIpc) is 2.49. The zero-order valence-electron chi connectivity index (χ0n) is 12.1. The van der Waals surface area contributed by atoms with E-state index in [4.69, 9.17) is 4.74 Å². The van der Waals surface area contributed by atoms with Gasteiger partial charge in [0.1, 0.15) is 11.5 Å². The number of rotatable bonds is 6. The van der Waals surface area contributed by atoms with Crippen molar-refractivity contribution in [3.05, 3.63) is 36.4 Å². The van der Waals surface area contributed by atoms with Crippen molar-refractivity contribution in [3.8, 4) is 11.5 Å². The van der Waals surface area contributed by atoms with E-state index in [-0.39, 0.29) is 5.75 Å². The van der Waals surface area contributed by atoms with Gasteiger partial charge in [0.25, 0.3) is 0 Å². The largest absolute Gasteiger partial charge is 0.508 e. The molecule has 110 valence electrons. The molecule has 1 atom stereocenters. The highest BCUT2D eigenvalue weighted by Crippen LogP contribution is 2.35. The zero-order valence-corrected chi connectivity index (χ0v) is 12.1. The molecule has 0 spiro atoms. The Morgan fingerprint density at radius 1 is 1.45 bits per heavy atom. The third kappa shape index (κ3) is 3.52. The van der Waals surface area contributed by atoms with Crippen LogP contribution in [0.5, 0.6) is 11.5 Å². The van der Waals surface area contributed by atoms with E-state index in [2.05, 4.69) is 16.8 Å². The second-order valence-corrected chi connectivity index (χ2v) is 5.09. The second kappa shape index (κ2) is 7.31. The fourth-order valence-corrected chi connectivity index (χ4v) is 2.78. The molecule has 0 unspecified atom stereocenters. The van der Waals surface area contributed by atoms with Crippen LogP contribution >= 0.6 is 0 Å². The molecule has 20 heavy (non-hydrogen) atoms. The normalized spacial score (nSPS) is 17.6. The molecule has 0 bridgehead atoms. The maximum atomic E-state index is 9.62. The van der Waals surface area contributed by atoms with Crippen LogP contribution in [0, 0.1) is 0 Å². The van der Waals surface area contributed by atoms with E-state index in [0.717, 1.165) is 50.3 Å². The lowest BCUT2D eigenvalue weighted by Gasteiger charge is -2.35. The summed E-state index contributed by atoms with van der Waals surface area (Å²) < 4.78 is 5.45. The summed E-state index contributed by atoms with van der Waals surface area (Å²) in [5.74, 6) is 1.01. The van der Waals surface area contributed by atoms with Crippen LogP contribution in [-0.4, -0.2) is 43.3 Å². The molecule has 1 heterocycles. The van der Waals surface area contributed by atoms with Crippen LogP contribution in [0.3, 0.4) is 0 Å². The predicted molar refractivity (Wildman–Crippen MR) is 81.3 cm³/mol. The first-order valence-corrected chi connectivity index (χ1v) is 7.19. The number of hydrogen-bond donors (Lipinski definition) is 2. The van der Waals surface area contributed by atoms with E-state index in [1.54, 1.807) is 19.2 Å². The van der Waals surface area contributed by atoms with E-state index in [0.29, 0.717) is 6.04 Å². The van der Waals surface area contributed by atoms with Crippen molar-refractivity contribution in [2.24, 2.45) is 0 Å². The molecule has 0 aliphatic carbocycles. The number of nitrogens with one attached hydrogen (secondary N) is 1. The molecule has 1 aliphatic rings. The molecule has 0 aromatic heterocycles. The topological polar surface area (TPSA) is 44.7 Å². The number of piperazine rings is 1. The summed E-state index contributed by atoms with van der Waals surface area (Å²) in [5.41, 5.74) is 1.15. The van der Waals surface area contributed by atoms with Crippen molar-refractivity contribution in [2.75, 3.05) is 33.3 Å². The number of ether oxygens (including phenoxy) is 1. The Hall–Kier alpha value is -1.52. The first kappa shape index (κ1) is 14.9. The Bertz CT molecular complexity index is 442. The van der Waals surface area contributed by atoms with Crippen molar-refractivity contribution in [1.29, 1.82) is 0 Å². The number of benzene rings is 1. The van der Waals surface area contributed by atoms with Crippen molar-refractivity contribution < 1.29 is 9.84 Å². The third-order valence-electron chi connectivity index (χ3n) is 3.81. The van der Waals surface area contributed by atoms with Gasteiger partial charge in [0, 0.05) is 43.9 Å². The van der Waals surface area contributed by atoms with Crippen molar-refractivity contribution in [3.63, 3.8) is 0 Å². The second-order valence-electron chi connectivity index (χ2n) is 5.09. The van der Waals surface area contributed by atoms with Crippen LogP contribution in [0.4, 0.5) is 0 Å². The maximum Gasteiger partial charge on any atom is 0.127 e. The highest BCUT2D eigenvalue weighted by molar-refractivity contribution is 5.42. The zero-order chi connectivity index (χ0) is 14.4. The average molecular weight is 276 g/mol. The van der Waals surface area contributed by atoms with Crippen LogP contribution in [0.25, 0.3) is 0 Å². The summed E-state index contributed by atoms with van der Waals surface area (Å²) >= 11 is 0. The third-order valence-corrected chi connectivity index (χ3v) is 3.81. The van der Waals surface area contributed by atoms with E-state index in [9.17, 15) is 5.11 Å². The van der Waals surface area contributed by atoms with Gasteiger partial charge in [-0.1, -0.05) is 12.1 Å². The molecule has 1 aromatic carbocycles. The molecule has 1 aromatic rings. The lowest BCUT2D eigenvalue weighted by Crippen LogP contribution is -2.45. The first-order chi connectivity index (χ1) is 9.76.